The number of carbonyl (C=O) groups excluding carboxylic acids is 2. The average molecular weight is 364 g/mol. The second-order valence-corrected chi connectivity index (χ2v) is 8.62. The summed E-state index contributed by atoms with van der Waals surface area (Å²) in [4.78, 5) is 31.8. The zero-order chi connectivity index (χ0) is 17.8. The van der Waals surface area contributed by atoms with Crippen molar-refractivity contribution < 1.29 is 9.59 Å². The molecule has 1 aliphatic heterocycles. The van der Waals surface area contributed by atoms with E-state index < -0.39 is 0 Å². The first-order valence-corrected chi connectivity index (χ1v) is 10.2. The third kappa shape index (κ3) is 4.61. The van der Waals surface area contributed by atoms with Crippen molar-refractivity contribution >= 4 is 23.2 Å². The largest absolute Gasteiger partial charge is 0.355 e. The lowest BCUT2D eigenvalue weighted by Gasteiger charge is -2.31. The molecule has 5 nitrogen and oxygen atoms in total. The van der Waals surface area contributed by atoms with Gasteiger partial charge in [0.1, 0.15) is 0 Å². The predicted octanol–water partition coefficient (Wildman–Crippen LogP) is 2.40. The van der Waals surface area contributed by atoms with Crippen molar-refractivity contribution in [3.8, 4) is 0 Å². The lowest BCUT2D eigenvalue weighted by Crippen LogP contribution is -2.46. The molecule has 25 heavy (non-hydrogen) atoms. The highest BCUT2D eigenvalue weighted by molar-refractivity contribution is 7.11. The number of fused-ring (bicyclic) bond motifs is 1. The van der Waals surface area contributed by atoms with Crippen molar-refractivity contribution in [2.24, 2.45) is 5.92 Å². The van der Waals surface area contributed by atoms with Crippen LogP contribution in [0.2, 0.25) is 0 Å². The Bertz CT molecular complexity index is 616. The fourth-order valence-electron chi connectivity index (χ4n) is 4.17. The molecule has 138 valence electrons. The van der Waals surface area contributed by atoms with Crippen molar-refractivity contribution in [3.05, 3.63) is 21.9 Å². The fourth-order valence-corrected chi connectivity index (χ4v) is 5.10. The van der Waals surface area contributed by atoms with Gasteiger partial charge in [-0.05, 0) is 38.3 Å². The molecular weight excluding hydrogens is 334 g/mol. The Morgan fingerprint density at radius 1 is 1.24 bits per heavy atom. The summed E-state index contributed by atoms with van der Waals surface area (Å²) in [6.07, 6.45) is 3.85. The highest BCUT2D eigenvalue weighted by Crippen LogP contribution is 2.31. The van der Waals surface area contributed by atoms with E-state index in [4.69, 9.17) is 0 Å². The molecule has 2 atom stereocenters. The number of carbonyl (C=O) groups is 2. The maximum absolute atomic E-state index is 12.6. The Balaban J connectivity index is 1.69. The van der Waals surface area contributed by atoms with Gasteiger partial charge in [-0.3, -0.25) is 14.5 Å². The van der Waals surface area contributed by atoms with Gasteiger partial charge in [0.25, 0.3) is 0 Å². The van der Waals surface area contributed by atoms with Gasteiger partial charge in [-0.2, -0.15) is 0 Å². The third-order valence-electron chi connectivity index (χ3n) is 5.40. The Morgan fingerprint density at radius 2 is 2.08 bits per heavy atom. The maximum Gasteiger partial charge on any atom is 0.225 e. The van der Waals surface area contributed by atoms with Crippen LogP contribution in [0.5, 0.6) is 0 Å². The molecule has 1 N–H and O–H groups in total. The van der Waals surface area contributed by atoms with Crippen LogP contribution in [0, 0.1) is 12.8 Å². The van der Waals surface area contributed by atoms with Crippen LogP contribution in [0.1, 0.15) is 42.4 Å². The monoisotopic (exact) mass is 363 g/mol. The summed E-state index contributed by atoms with van der Waals surface area (Å²) in [5.74, 6) is 0.197. The Kier molecular flexibility index (Phi) is 6.12. The van der Waals surface area contributed by atoms with Gasteiger partial charge in [-0.1, -0.05) is 6.42 Å². The molecule has 0 bridgehead atoms. The van der Waals surface area contributed by atoms with Crippen molar-refractivity contribution in [2.45, 2.75) is 52.1 Å². The maximum atomic E-state index is 12.6. The lowest BCUT2D eigenvalue weighted by molar-refractivity contribution is -0.134. The van der Waals surface area contributed by atoms with Crippen molar-refractivity contribution in [1.82, 2.24) is 15.1 Å². The standard InChI is InChI=1S/C19H29N3O2S/c1-14-7-8-16(25-14)13-21-10-4-11-22(15(2)23)18-6-3-5-17(18)19(24)20-9-12-21/h7-8,17-18H,3-6,9-13H2,1-2H3,(H,20,24)/t17-,18+/m1/s1. The minimum atomic E-state index is -0.0320. The van der Waals surface area contributed by atoms with Crippen molar-refractivity contribution in [1.29, 1.82) is 0 Å². The minimum absolute atomic E-state index is 0.0320. The molecule has 3 rings (SSSR count). The van der Waals surface area contributed by atoms with E-state index >= 15 is 0 Å². The van der Waals surface area contributed by atoms with Crippen molar-refractivity contribution in [3.63, 3.8) is 0 Å². The van der Waals surface area contributed by atoms with Crippen LogP contribution in [0.15, 0.2) is 12.1 Å². The molecule has 2 fully saturated rings. The van der Waals surface area contributed by atoms with E-state index in [9.17, 15) is 9.59 Å². The number of aryl methyl sites for hydroxylation is 1. The summed E-state index contributed by atoms with van der Waals surface area (Å²) in [6.45, 7) is 7.94. The highest BCUT2D eigenvalue weighted by atomic mass is 32.1. The Labute approximate surface area is 154 Å². The topological polar surface area (TPSA) is 52.7 Å². The number of nitrogens with zero attached hydrogens (tertiary/aromatic N) is 2. The molecule has 1 saturated heterocycles. The highest BCUT2D eigenvalue weighted by Gasteiger charge is 2.37. The Morgan fingerprint density at radius 3 is 2.80 bits per heavy atom. The molecule has 2 heterocycles. The molecular formula is C19H29N3O2S. The van der Waals surface area contributed by atoms with E-state index in [2.05, 4.69) is 29.3 Å². The van der Waals surface area contributed by atoms with Crippen LogP contribution in [-0.2, 0) is 16.1 Å². The summed E-state index contributed by atoms with van der Waals surface area (Å²) in [5.41, 5.74) is 0. The van der Waals surface area contributed by atoms with Gasteiger partial charge in [-0.25, -0.2) is 0 Å². The first-order valence-electron chi connectivity index (χ1n) is 9.37. The first kappa shape index (κ1) is 18.4. The number of hydrogen-bond acceptors (Lipinski definition) is 4. The lowest BCUT2D eigenvalue weighted by atomic mass is 10.0. The third-order valence-corrected chi connectivity index (χ3v) is 6.38. The molecule has 1 aromatic heterocycles. The average Bonchev–Trinajstić information content (AvgIpc) is 3.19. The first-order chi connectivity index (χ1) is 12.0. The molecule has 1 saturated carbocycles. The van der Waals surface area contributed by atoms with E-state index in [1.54, 1.807) is 6.92 Å². The van der Waals surface area contributed by atoms with Crippen LogP contribution in [0.4, 0.5) is 0 Å². The minimum Gasteiger partial charge on any atom is -0.355 e. The molecule has 0 aromatic carbocycles. The molecule has 0 unspecified atom stereocenters. The van der Waals surface area contributed by atoms with E-state index in [1.165, 1.54) is 9.75 Å². The van der Waals surface area contributed by atoms with Crippen LogP contribution >= 0.6 is 11.3 Å². The number of hydrogen-bond donors (Lipinski definition) is 1. The second-order valence-electron chi connectivity index (χ2n) is 7.25. The molecule has 2 amide bonds. The Hall–Kier alpha value is -1.40. The van der Waals surface area contributed by atoms with Gasteiger partial charge in [0.05, 0.1) is 5.92 Å². The van der Waals surface area contributed by atoms with Gasteiger partial charge in [0.15, 0.2) is 0 Å². The zero-order valence-corrected chi connectivity index (χ0v) is 16.1. The van der Waals surface area contributed by atoms with E-state index in [0.717, 1.165) is 51.9 Å². The van der Waals surface area contributed by atoms with Crippen LogP contribution in [-0.4, -0.2) is 53.8 Å². The summed E-state index contributed by atoms with van der Waals surface area (Å²) in [6, 6.07) is 4.44. The second kappa shape index (κ2) is 8.32. The number of amides is 2. The molecule has 6 heteroatoms. The van der Waals surface area contributed by atoms with E-state index in [1.807, 2.05) is 16.2 Å². The summed E-state index contributed by atoms with van der Waals surface area (Å²) >= 11 is 1.83. The predicted molar refractivity (Wildman–Crippen MR) is 100 cm³/mol. The fraction of sp³-hybridized carbons (Fsp3) is 0.684. The molecule has 1 aliphatic carbocycles. The van der Waals surface area contributed by atoms with Gasteiger partial charge in [0, 0.05) is 55.4 Å². The number of rotatable bonds is 2. The van der Waals surface area contributed by atoms with Crippen LogP contribution in [0.3, 0.4) is 0 Å². The quantitative estimate of drug-likeness (QED) is 0.878. The summed E-state index contributed by atoms with van der Waals surface area (Å²) in [7, 11) is 0. The molecule has 2 aliphatic rings. The van der Waals surface area contributed by atoms with Crippen molar-refractivity contribution in [2.75, 3.05) is 26.2 Å². The van der Waals surface area contributed by atoms with E-state index in [-0.39, 0.29) is 23.8 Å². The SMILES string of the molecule is CC(=O)N1CCCN(Cc2ccc(C)s2)CCNC(=O)[C@@H]2CCC[C@@H]21. The number of nitrogens with one attached hydrogen (secondary N) is 1. The van der Waals surface area contributed by atoms with Gasteiger partial charge >= 0.3 is 0 Å². The summed E-state index contributed by atoms with van der Waals surface area (Å²) < 4.78 is 0. The van der Waals surface area contributed by atoms with Gasteiger partial charge < -0.3 is 10.2 Å². The van der Waals surface area contributed by atoms with E-state index in [0.29, 0.717) is 6.54 Å². The zero-order valence-electron chi connectivity index (χ0n) is 15.3. The van der Waals surface area contributed by atoms with Crippen LogP contribution in [0.25, 0.3) is 0 Å². The summed E-state index contributed by atoms with van der Waals surface area (Å²) in [5, 5.41) is 3.12. The smallest absolute Gasteiger partial charge is 0.225 e. The molecule has 0 radical (unpaired) electrons. The number of thiophene rings is 1. The molecule has 0 spiro atoms. The normalized spacial score (nSPS) is 26.0. The molecule has 1 aromatic rings. The van der Waals surface area contributed by atoms with Gasteiger partial charge in [-0.15, -0.1) is 11.3 Å². The van der Waals surface area contributed by atoms with Crippen LogP contribution < -0.4 is 5.32 Å². The van der Waals surface area contributed by atoms with Gasteiger partial charge in [0.2, 0.25) is 11.8 Å².